The number of hydrogen-bond acceptors (Lipinski definition) is 3. The summed E-state index contributed by atoms with van der Waals surface area (Å²) in [5.74, 6) is 0.830. The van der Waals surface area contributed by atoms with Gasteiger partial charge in [-0.25, -0.2) is 4.98 Å². The summed E-state index contributed by atoms with van der Waals surface area (Å²) in [6.45, 7) is 27.6. The molecule has 0 aliphatic rings. The van der Waals surface area contributed by atoms with Crippen LogP contribution in [0.3, 0.4) is 0 Å². The molecule has 0 fully saturated rings. The van der Waals surface area contributed by atoms with Crippen molar-refractivity contribution < 1.29 is 10.6 Å². The first kappa shape index (κ1) is 39.3. The van der Waals surface area contributed by atoms with Crippen molar-refractivity contribution in [3.63, 3.8) is 0 Å². The first-order chi connectivity index (χ1) is 31.8. The Morgan fingerprint density at radius 1 is 0.547 bits per heavy atom. The van der Waals surface area contributed by atoms with Gasteiger partial charge in [-0.15, -0.1) is 0 Å². The Hall–Kier alpha value is -6.26. The highest BCUT2D eigenvalue weighted by Gasteiger charge is 2.27. The van der Waals surface area contributed by atoms with Gasteiger partial charge in [0.1, 0.15) is 11.6 Å². The number of fused-ring (bicyclic) bond motifs is 1. The third-order valence-corrected chi connectivity index (χ3v) is 12.9. The standard InChI is InChI=1S/C60H65N3O/c1-14-60(12,13)45-27-28-52(49(36-45)40-19-16-15-17-20-40)63-53-22-18-21-48(54(53)62-56(63)50-37-46(58(6,7)8)31-38(2)55(50)64)42-32-43(34-47(33-42)59(9,10)11)51-35-41(29-30-61-51)39-23-25-44(26-24-39)57(3,4)5/h15-37,64H,14H2,1-13H3/i23D,24D,25D,26D. The molecule has 1 N–H and O–H groups in total. The number of aromatic hydroxyl groups is 1. The van der Waals surface area contributed by atoms with Crippen molar-refractivity contribution in [3.05, 3.63) is 167 Å². The molecule has 326 valence electrons. The van der Waals surface area contributed by atoms with Crippen LogP contribution in [-0.2, 0) is 21.7 Å². The molecule has 0 saturated heterocycles. The SMILES string of the molecule is [2H]c1c([2H])c(C(C)(C)C)c([2H])c([2H])c1-c1ccnc(-c2cc(-c3cccc4c3nc(-c3cc(C(C)(C)C)cc(C)c3O)n4-c3ccc(C(C)(C)CC)cc3-c3ccccc3)cc(C(C)(C)C)c2)c1. The summed E-state index contributed by atoms with van der Waals surface area (Å²) in [5, 5.41) is 12.1. The number of para-hydroxylation sites is 1. The highest BCUT2D eigenvalue weighted by Crippen LogP contribution is 2.44. The van der Waals surface area contributed by atoms with Crippen LogP contribution in [0.25, 0.3) is 72.7 Å². The van der Waals surface area contributed by atoms with Gasteiger partial charge in [0, 0.05) is 22.9 Å². The number of benzene rings is 6. The van der Waals surface area contributed by atoms with E-state index in [0.29, 0.717) is 28.2 Å². The van der Waals surface area contributed by atoms with E-state index >= 15 is 0 Å². The molecule has 4 nitrogen and oxygen atoms in total. The number of rotatable bonds is 8. The lowest BCUT2D eigenvalue weighted by atomic mass is 9.81. The molecule has 0 spiro atoms. The van der Waals surface area contributed by atoms with Gasteiger partial charge in [-0.2, -0.15) is 0 Å². The zero-order chi connectivity index (χ0) is 49.4. The van der Waals surface area contributed by atoms with Crippen LogP contribution < -0.4 is 0 Å². The number of nitrogens with zero attached hydrogens (tertiary/aromatic N) is 3. The molecule has 8 aromatic rings. The van der Waals surface area contributed by atoms with Crippen molar-refractivity contribution in [2.75, 3.05) is 0 Å². The Kier molecular flexibility index (Phi) is 10.1. The zero-order valence-corrected chi connectivity index (χ0v) is 40.0. The number of phenols is 1. The van der Waals surface area contributed by atoms with Crippen LogP contribution in [0.4, 0.5) is 0 Å². The van der Waals surface area contributed by atoms with E-state index in [0.717, 1.165) is 67.6 Å². The monoisotopic (exact) mass is 848 g/mol. The molecular weight excluding hydrogens is 779 g/mol. The molecule has 2 heterocycles. The van der Waals surface area contributed by atoms with Crippen LogP contribution in [0.5, 0.6) is 5.75 Å². The second-order valence-electron chi connectivity index (χ2n) is 21.2. The maximum Gasteiger partial charge on any atom is 0.149 e. The fourth-order valence-corrected chi connectivity index (χ4v) is 8.28. The van der Waals surface area contributed by atoms with Gasteiger partial charge in [0.25, 0.3) is 0 Å². The van der Waals surface area contributed by atoms with Gasteiger partial charge >= 0.3 is 0 Å². The van der Waals surface area contributed by atoms with E-state index in [2.05, 4.69) is 158 Å². The third-order valence-electron chi connectivity index (χ3n) is 12.9. The molecule has 64 heavy (non-hydrogen) atoms. The van der Waals surface area contributed by atoms with E-state index in [1.807, 2.05) is 39.8 Å². The summed E-state index contributed by atoms with van der Waals surface area (Å²) in [5.41, 5.74) is 13.1. The summed E-state index contributed by atoms with van der Waals surface area (Å²) >= 11 is 0. The molecule has 4 heteroatoms. The second kappa shape index (κ2) is 16.4. The Balaban J connectivity index is 1.42. The molecule has 0 radical (unpaired) electrons. The second-order valence-corrected chi connectivity index (χ2v) is 21.2. The lowest BCUT2D eigenvalue weighted by Crippen LogP contribution is -2.16. The van der Waals surface area contributed by atoms with Gasteiger partial charge < -0.3 is 5.11 Å². The highest BCUT2D eigenvalue weighted by molar-refractivity contribution is 5.98. The van der Waals surface area contributed by atoms with Crippen LogP contribution >= 0.6 is 0 Å². The van der Waals surface area contributed by atoms with Crippen LogP contribution in [-0.4, -0.2) is 19.6 Å². The fourth-order valence-electron chi connectivity index (χ4n) is 8.28. The quantitative estimate of drug-likeness (QED) is 0.166. The summed E-state index contributed by atoms with van der Waals surface area (Å²) in [7, 11) is 0. The zero-order valence-electron chi connectivity index (χ0n) is 44.0. The van der Waals surface area contributed by atoms with Crippen LogP contribution in [0.1, 0.15) is 123 Å². The molecular formula is C60H65N3O. The molecule has 0 atom stereocenters. The topological polar surface area (TPSA) is 50.9 Å². The Bertz CT molecular complexity index is 3220. The first-order valence-electron chi connectivity index (χ1n) is 24.6. The van der Waals surface area contributed by atoms with Crippen molar-refractivity contribution in [2.45, 2.75) is 118 Å². The number of aryl methyl sites for hydroxylation is 1. The summed E-state index contributed by atoms with van der Waals surface area (Å²) in [6, 6.07) is 37.8. The van der Waals surface area contributed by atoms with E-state index in [9.17, 15) is 5.11 Å². The van der Waals surface area contributed by atoms with E-state index in [-0.39, 0.29) is 51.7 Å². The maximum atomic E-state index is 12.1. The average molecular weight is 848 g/mol. The van der Waals surface area contributed by atoms with Crippen molar-refractivity contribution in [3.8, 4) is 67.5 Å². The van der Waals surface area contributed by atoms with Crippen LogP contribution in [0, 0.1) is 6.92 Å². The van der Waals surface area contributed by atoms with Gasteiger partial charge in [0.2, 0.25) is 0 Å². The highest BCUT2D eigenvalue weighted by atomic mass is 16.3. The molecule has 0 aliphatic carbocycles. The molecule has 0 bridgehead atoms. The predicted molar refractivity (Wildman–Crippen MR) is 272 cm³/mol. The minimum absolute atomic E-state index is 0.0268. The van der Waals surface area contributed by atoms with Crippen molar-refractivity contribution >= 4 is 11.0 Å². The minimum atomic E-state index is -0.568. The molecule has 0 unspecified atom stereocenters. The normalized spacial score (nSPS) is 13.5. The van der Waals surface area contributed by atoms with Gasteiger partial charge in [-0.3, -0.25) is 9.55 Å². The summed E-state index contributed by atoms with van der Waals surface area (Å²) in [4.78, 5) is 10.5. The van der Waals surface area contributed by atoms with E-state index in [1.54, 1.807) is 12.3 Å². The van der Waals surface area contributed by atoms with Crippen LogP contribution in [0.15, 0.2) is 140 Å². The number of pyridine rings is 1. The fraction of sp³-hybridized carbons (Fsp3) is 0.300. The van der Waals surface area contributed by atoms with E-state index < -0.39 is 5.41 Å². The largest absolute Gasteiger partial charge is 0.507 e. The Morgan fingerprint density at radius 3 is 1.84 bits per heavy atom. The number of aromatic nitrogens is 3. The van der Waals surface area contributed by atoms with Gasteiger partial charge in [-0.05, 0) is 134 Å². The molecule has 6 aromatic carbocycles. The van der Waals surface area contributed by atoms with Gasteiger partial charge in [0.15, 0.2) is 0 Å². The maximum absolute atomic E-state index is 12.1. The smallest absolute Gasteiger partial charge is 0.149 e. The molecule has 8 rings (SSSR count). The summed E-state index contributed by atoms with van der Waals surface area (Å²) in [6.07, 6.45) is 2.66. The molecule has 0 saturated carbocycles. The summed E-state index contributed by atoms with van der Waals surface area (Å²) < 4.78 is 38.3. The van der Waals surface area contributed by atoms with Gasteiger partial charge in [0.05, 0.1) is 33.5 Å². The molecule has 0 amide bonds. The first-order valence-corrected chi connectivity index (χ1v) is 22.6. The Labute approximate surface area is 387 Å². The Morgan fingerprint density at radius 2 is 1.19 bits per heavy atom. The van der Waals surface area contributed by atoms with Gasteiger partial charge in [-0.1, -0.05) is 168 Å². The van der Waals surface area contributed by atoms with E-state index in [4.69, 9.17) is 15.5 Å². The van der Waals surface area contributed by atoms with E-state index in [1.165, 1.54) is 5.56 Å². The number of phenolic OH excluding ortho intramolecular Hbond substituents is 1. The number of hydrogen-bond donors (Lipinski definition) is 1. The molecule has 2 aromatic heterocycles. The third kappa shape index (κ3) is 8.55. The lowest BCUT2D eigenvalue weighted by molar-refractivity contribution is 0.471. The predicted octanol–water partition coefficient (Wildman–Crippen LogP) is 16.3. The minimum Gasteiger partial charge on any atom is -0.507 e. The lowest BCUT2D eigenvalue weighted by Gasteiger charge is -2.26. The molecule has 0 aliphatic heterocycles. The van der Waals surface area contributed by atoms with Crippen molar-refractivity contribution in [1.82, 2.24) is 14.5 Å². The average Bonchev–Trinajstić information content (AvgIpc) is 3.67. The van der Waals surface area contributed by atoms with Crippen LogP contribution in [0.2, 0.25) is 0 Å². The van der Waals surface area contributed by atoms with Crippen molar-refractivity contribution in [2.24, 2.45) is 0 Å². The van der Waals surface area contributed by atoms with Crippen molar-refractivity contribution in [1.29, 1.82) is 0 Å². The number of imidazole rings is 1.